The summed E-state index contributed by atoms with van der Waals surface area (Å²) in [5, 5.41) is 10.9. The van der Waals surface area contributed by atoms with Crippen LogP contribution in [-0.4, -0.2) is 28.9 Å². The van der Waals surface area contributed by atoms with Gasteiger partial charge in [0.15, 0.2) is 0 Å². The molecular weight excluding hydrogens is 375 g/mol. The fourth-order valence-corrected chi connectivity index (χ4v) is 2.64. The number of hydrogen-bond acceptors (Lipinski definition) is 5. The standard InChI is InChI=1S/C21H21FN4O3/c1-14-19(21(26(3)25-14)29-18-10-8-17(22)9-11-18)12-24-28-13-15-4-6-16(7-5-15)20(27)23-2/h4-12H,13H2,1-3H3,(H,23,27)/b24-12+. The first-order valence-electron chi connectivity index (χ1n) is 8.91. The lowest BCUT2D eigenvalue weighted by molar-refractivity contribution is 0.0963. The summed E-state index contributed by atoms with van der Waals surface area (Å²) in [6.45, 7) is 2.08. The van der Waals surface area contributed by atoms with Gasteiger partial charge < -0.3 is 14.9 Å². The zero-order valence-corrected chi connectivity index (χ0v) is 16.3. The Bertz CT molecular complexity index is 1010. The number of hydrogen-bond donors (Lipinski definition) is 1. The second kappa shape index (κ2) is 9.01. The first-order chi connectivity index (χ1) is 14.0. The molecule has 0 radical (unpaired) electrons. The molecule has 0 spiro atoms. The molecule has 7 nitrogen and oxygen atoms in total. The second-order valence-electron chi connectivity index (χ2n) is 6.27. The number of carbonyl (C=O) groups excluding carboxylic acids is 1. The number of halogens is 1. The van der Waals surface area contributed by atoms with Crippen molar-refractivity contribution in [2.24, 2.45) is 12.2 Å². The van der Waals surface area contributed by atoms with Gasteiger partial charge in [0.05, 0.1) is 17.5 Å². The van der Waals surface area contributed by atoms with E-state index < -0.39 is 0 Å². The molecule has 29 heavy (non-hydrogen) atoms. The number of aromatic nitrogens is 2. The van der Waals surface area contributed by atoms with Gasteiger partial charge in [0.25, 0.3) is 5.91 Å². The second-order valence-corrected chi connectivity index (χ2v) is 6.27. The van der Waals surface area contributed by atoms with Crippen LogP contribution in [0, 0.1) is 12.7 Å². The number of ether oxygens (including phenoxy) is 1. The highest BCUT2D eigenvalue weighted by Gasteiger charge is 2.14. The third-order valence-corrected chi connectivity index (χ3v) is 4.17. The molecule has 0 unspecified atom stereocenters. The van der Waals surface area contributed by atoms with Crippen LogP contribution in [0.2, 0.25) is 0 Å². The summed E-state index contributed by atoms with van der Waals surface area (Å²) in [5.41, 5.74) is 2.83. The molecule has 0 atom stereocenters. The number of carbonyl (C=O) groups is 1. The van der Waals surface area contributed by atoms with E-state index in [0.717, 1.165) is 5.56 Å². The van der Waals surface area contributed by atoms with Crippen molar-refractivity contribution in [3.05, 3.63) is 76.7 Å². The number of oxime groups is 1. The van der Waals surface area contributed by atoms with Crippen molar-refractivity contribution < 1.29 is 18.8 Å². The minimum absolute atomic E-state index is 0.142. The predicted molar refractivity (Wildman–Crippen MR) is 107 cm³/mol. The molecular formula is C21H21FN4O3. The minimum atomic E-state index is -0.336. The Morgan fingerprint density at radius 1 is 1.21 bits per heavy atom. The highest BCUT2D eigenvalue weighted by molar-refractivity contribution is 5.93. The Morgan fingerprint density at radius 2 is 1.90 bits per heavy atom. The van der Waals surface area contributed by atoms with Gasteiger partial charge in [0.2, 0.25) is 5.88 Å². The normalized spacial score (nSPS) is 10.9. The van der Waals surface area contributed by atoms with Crippen molar-refractivity contribution in [1.82, 2.24) is 15.1 Å². The molecule has 2 aromatic carbocycles. The molecule has 1 heterocycles. The van der Waals surface area contributed by atoms with Crippen molar-refractivity contribution in [3.63, 3.8) is 0 Å². The maximum atomic E-state index is 13.1. The van der Waals surface area contributed by atoms with E-state index in [-0.39, 0.29) is 18.3 Å². The van der Waals surface area contributed by atoms with Crippen LogP contribution in [-0.2, 0) is 18.5 Å². The maximum absolute atomic E-state index is 13.1. The van der Waals surface area contributed by atoms with E-state index in [0.29, 0.717) is 28.5 Å². The lowest BCUT2D eigenvalue weighted by Gasteiger charge is -2.07. The van der Waals surface area contributed by atoms with Gasteiger partial charge in [0, 0.05) is 19.7 Å². The average molecular weight is 396 g/mol. The Kier molecular flexibility index (Phi) is 6.23. The largest absolute Gasteiger partial charge is 0.439 e. The summed E-state index contributed by atoms with van der Waals surface area (Å²) in [7, 11) is 3.33. The number of amides is 1. The molecule has 1 N–H and O–H groups in total. The highest BCUT2D eigenvalue weighted by Crippen LogP contribution is 2.26. The van der Waals surface area contributed by atoms with E-state index in [1.807, 2.05) is 6.92 Å². The highest BCUT2D eigenvalue weighted by atomic mass is 19.1. The van der Waals surface area contributed by atoms with Gasteiger partial charge >= 0.3 is 0 Å². The molecule has 0 saturated carbocycles. The van der Waals surface area contributed by atoms with Gasteiger partial charge in [-0.3, -0.25) is 4.79 Å². The van der Waals surface area contributed by atoms with Gasteiger partial charge in [-0.15, -0.1) is 0 Å². The number of benzene rings is 2. The Morgan fingerprint density at radius 3 is 2.55 bits per heavy atom. The van der Waals surface area contributed by atoms with E-state index >= 15 is 0 Å². The van der Waals surface area contributed by atoms with Crippen LogP contribution < -0.4 is 10.1 Å². The van der Waals surface area contributed by atoms with Crippen LogP contribution in [0.4, 0.5) is 4.39 Å². The van der Waals surface area contributed by atoms with Crippen LogP contribution in [0.1, 0.15) is 27.2 Å². The first-order valence-corrected chi connectivity index (χ1v) is 8.91. The third-order valence-electron chi connectivity index (χ3n) is 4.17. The monoisotopic (exact) mass is 396 g/mol. The van der Waals surface area contributed by atoms with E-state index in [4.69, 9.17) is 9.57 Å². The van der Waals surface area contributed by atoms with Gasteiger partial charge in [-0.05, 0) is 48.9 Å². The van der Waals surface area contributed by atoms with Gasteiger partial charge in [0.1, 0.15) is 18.2 Å². The smallest absolute Gasteiger partial charge is 0.251 e. The molecule has 0 aliphatic rings. The van der Waals surface area contributed by atoms with E-state index in [1.165, 1.54) is 30.5 Å². The molecule has 3 rings (SSSR count). The van der Waals surface area contributed by atoms with Crippen LogP contribution in [0.3, 0.4) is 0 Å². The molecule has 0 saturated heterocycles. The zero-order valence-electron chi connectivity index (χ0n) is 16.3. The first kappa shape index (κ1) is 20.1. The quantitative estimate of drug-likeness (QED) is 0.489. The summed E-state index contributed by atoms with van der Waals surface area (Å²) >= 11 is 0. The van der Waals surface area contributed by atoms with Crippen molar-refractivity contribution in [2.75, 3.05) is 7.05 Å². The fourth-order valence-electron chi connectivity index (χ4n) is 2.64. The third kappa shape index (κ3) is 4.98. The van der Waals surface area contributed by atoms with E-state index in [9.17, 15) is 9.18 Å². The van der Waals surface area contributed by atoms with Gasteiger partial charge in [-0.1, -0.05) is 17.3 Å². The molecule has 8 heteroatoms. The zero-order chi connectivity index (χ0) is 20.8. The van der Waals surface area contributed by atoms with Crippen LogP contribution in [0.25, 0.3) is 0 Å². The van der Waals surface area contributed by atoms with Gasteiger partial charge in [-0.25, -0.2) is 9.07 Å². The number of nitrogens with zero attached hydrogens (tertiary/aromatic N) is 3. The summed E-state index contributed by atoms with van der Waals surface area (Å²) in [4.78, 5) is 16.9. The lowest BCUT2D eigenvalue weighted by atomic mass is 10.1. The van der Waals surface area contributed by atoms with Crippen molar-refractivity contribution >= 4 is 12.1 Å². The van der Waals surface area contributed by atoms with Crippen molar-refractivity contribution in [3.8, 4) is 11.6 Å². The maximum Gasteiger partial charge on any atom is 0.251 e. The molecule has 0 aliphatic carbocycles. The number of aryl methyl sites for hydroxylation is 2. The van der Waals surface area contributed by atoms with Crippen LogP contribution >= 0.6 is 0 Å². The van der Waals surface area contributed by atoms with E-state index in [2.05, 4.69) is 15.6 Å². The molecule has 0 aliphatic heterocycles. The average Bonchev–Trinajstić information content (AvgIpc) is 2.99. The fraction of sp³-hybridized carbons (Fsp3) is 0.190. The SMILES string of the molecule is CNC(=O)c1ccc(CO/N=C/c2c(C)nn(C)c2Oc2ccc(F)cc2)cc1. The number of rotatable bonds is 7. The Hall–Kier alpha value is -3.68. The molecule has 1 aromatic heterocycles. The molecule has 1 amide bonds. The van der Waals surface area contributed by atoms with Crippen molar-refractivity contribution in [1.29, 1.82) is 0 Å². The topological polar surface area (TPSA) is 77.7 Å². The molecule has 0 bridgehead atoms. The number of nitrogens with one attached hydrogen (secondary N) is 1. The molecule has 0 fully saturated rings. The van der Waals surface area contributed by atoms with Gasteiger partial charge in [-0.2, -0.15) is 5.10 Å². The molecule has 150 valence electrons. The van der Waals surface area contributed by atoms with Crippen LogP contribution in [0.15, 0.2) is 53.7 Å². The minimum Gasteiger partial charge on any atom is -0.439 e. The lowest BCUT2D eigenvalue weighted by Crippen LogP contribution is -2.17. The summed E-state index contributed by atoms with van der Waals surface area (Å²) in [5.74, 6) is 0.478. The van der Waals surface area contributed by atoms with Crippen LogP contribution in [0.5, 0.6) is 11.6 Å². The predicted octanol–water partition coefficient (Wildman–Crippen LogP) is 3.57. The summed E-state index contributed by atoms with van der Waals surface area (Å²) in [6.07, 6.45) is 1.53. The molecule has 3 aromatic rings. The Labute approximate surface area is 167 Å². The summed E-state index contributed by atoms with van der Waals surface area (Å²) in [6, 6.07) is 12.8. The Balaban J connectivity index is 1.66. The summed E-state index contributed by atoms with van der Waals surface area (Å²) < 4.78 is 20.5. The van der Waals surface area contributed by atoms with Crippen molar-refractivity contribution in [2.45, 2.75) is 13.5 Å². The van der Waals surface area contributed by atoms with E-state index in [1.54, 1.807) is 43.0 Å².